The van der Waals surface area contributed by atoms with Crippen LogP contribution in [0.1, 0.15) is 12.7 Å². The van der Waals surface area contributed by atoms with E-state index in [0.717, 1.165) is 26.2 Å². The summed E-state index contributed by atoms with van der Waals surface area (Å²) in [5.41, 5.74) is 0. The molecule has 0 radical (unpaired) electrons. The van der Waals surface area contributed by atoms with E-state index in [2.05, 4.69) is 22.0 Å². The second-order valence-corrected chi connectivity index (χ2v) is 3.94. The summed E-state index contributed by atoms with van der Waals surface area (Å²) in [5, 5.41) is 3.65. The molecule has 16 heavy (non-hydrogen) atoms. The maximum atomic E-state index is 5.45. The Bertz CT molecular complexity index is 329. The molecular formula is C10H17N3O3. The molecule has 1 saturated heterocycles. The van der Waals surface area contributed by atoms with Crippen LogP contribution in [0.3, 0.4) is 0 Å². The highest BCUT2D eigenvalue weighted by atomic mass is 16.6. The first kappa shape index (κ1) is 11.3. The zero-order valence-electron chi connectivity index (χ0n) is 9.68. The number of rotatable bonds is 4. The van der Waals surface area contributed by atoms with E-state index in [1.807, 2.05) is 0 Å². The van der Waals surface area contributed by atoms with Gasteiger partial charge in [0.1, 0.15) is 6.61 Å². The zero-order valence-corrected chi connectivity index (χ0v) is 9.68. The van der Waals surface area contributed by atoms with Crippen LogP contribution in [0.4, 0.5) is 0 Å². The average molecular weight is 227 g/mol. The first-order valence-electron chi connectivity index (χ1n) is 5.51. The lowest BCUT2D eigenvalue weighted by molar-refractivity contribution is -0.0224. The summed E-state index contributed by atoms with van der Waals surface area (Å²) in [6.45, 7) is 7.96. The van der Waals surface area contributed by atoms with Crippen molar-refractivity contribution in [3.63, 3.8) is 0 Å². The number of hydrogen-bond acceptors (Lipinski definition) is 6. The summed E-state index contributed by atoms with van der Waals surface area (Å²) in [5.74, 6) is 0.593. The zero-order chi connectivity index (χ0) is 11.4. The summed E-state index contributed by atoms with van der Waals surface area (Å²) in [6, 6.07) is 0. The molecule has 90 valence electrons. The van der Waals surface area contributed by atoms with Gasteiger partial charge in [-0.25, -0.2) is 0 Å². The fourth-order valence-corrected chi connectivity index (χ4v) is 1.69. The number of ether oxygens (including phenoxy) is 2. The van der Waals surface area contributed by atoms with Crippen molar-refractivity contribution in [2.45, 2.75) is 20.0 Å². The molecule has 0 N–H and O–H groups in total. The largest absolute Gasteiger partial charge is 0.448 e. The lowest BCUT2D eigenvalue weighted by Gasteiger charge is -2.30. The van der Waals surface area contributed by atoms with Gasteiger partial charge in [-0.15, -0.1) is 0 Å². The highest BCUT2D eigenvalue weighted by molar-refractivity contribution is 4.86. The Morgan fingerprint density at radius 1 is 1.56 bits per heavy atom. The molecule has 1 unspecified atom stereocenters. The molecule has 6 heteroatoms. The van der Waals surface area contributed by atoms with Crippen LogP contribution < -0.4 is 4.74 Å². The Morgan fingerprint density at radius 3 is 3.12 bits per heavy atom. The molecular weight excluding hydrogens is 210 g/mol. The van der Waals surface area contributed by atoms with E-state index in [9.17, 15) is 0 Å². The van der Waals surface area contributed by atoms with Crippen molar-refractivity contribution in [2.75, 3.05) is 32.8 Å². The van der Waals surface area contributed by atoms with E-state index in [-0.39, 0.29) is 6.08 Å². The molecule has 1 aliphatic heterocycles. The Morgan fingerprint density at radius 2 is 2.44 bits per heavy atom. The normalized spacial score (nSPS) is 22.2. The number of nitrogens with zero attached hydrogens (tertiary/aromatic N) is 3. The minimum absolute atomic E-state index is 0.249. The topological polar surface area (TPSA) is 60.6 Å². The molecule has 0 bridgehead atoms. The smallest absolute Gasteiger partial charge is 0.417 e. The van der Waals surface area contributed by atoms with E-state index >= 15 is 0 Å². The minimum Gasteiger partial charge on any atom is -0.448 e. The fraction of sp³-hybridized carbons (Fsp3) is 0.800. The summed E-state index contributed by atoms with van der Waals surface area (Å²) >= 11 is 0. The molecule has 0 spiro atoms. The van der Waals surface area contributed by atoms with Crippen LogP contribution in [-0.4, -0.2) is 54.0 Å². The molecule has 0 aliphatic carbocycles. The predicted molar refractivity (Wildman–Crippen MR) is 56.4 cm³/mol. The monoisotopic (exact) mass is 227 g/mol. The average Bonchev–Trinajstić information content (AvgIpc) is 2.64. The summed E-state index contributed by atoms with van der Waals surface area (Å²) < 4.78 is 15.6. The molecule has 1 atom stereocenters. The Kier molecular flexibility index (Phi) is 3.74. The van der Waals surface area contributed by atoms with Crippen molar-refractivity contribution in [3.05, 3.63) is 5.82 Å². The van der Waals surface area contributed by atoms with Crippen molar-refractivity contribution >= 4 is 0 Å². The Hall–Kier alpha value is -1.14. The first-order valence-corrected chi connectivity index (χ1v) is 5.51. The molecule has 2 heterocycles. The Labute approximate surface area is 94.5 Å². The third kappa shape index (κ3) is 3.18. The van der Waals surface area contributed by atoms with Crippen molar-refractivity contribution in [1.82, 2.24) is 15.0 Å². The second-order valence-electron chi connectivity index (χ2n) is 3.94. The van der Waals surface area contributed by atoms with Crippen LogP contribution in [0.25, 0.3) is 0 Å². The molecule has 1 aromatic rings. The van der Waals surface area contributed by atoms with Gasteiger partial charge in [-0.2, -0.15) is 4.98 Å². The van der Waals surface area contributed by atoms with E-state index in [1.54, 1.807) is 6.92 Å². The molecule has 6 nitrogen and oxygen atoms in total. The highest BCUT2D eigenvalue weighted by Crippen LogP contribution is 2.07. The summed E-state index contributed by atoms with van der Waals surface area (Å²) in [4.78, 5) is 6.27. The van der Waals surface area contributed by atoms with E-state index in [4.69, 9.17) is 14.0 Å². The van der Waals surface area contributed by atoms with Crippen LogP contribution in [0.2, 0.25) is 0 Å². The molecule has 0 saturated carbocycles. The van der Waals surface area contributed by atoms with Crippen LogP contribution in [0.15, 0.2) is 4.52 Å². The molecule has 1 aliphatic rings. The van der Waals surface area contributed by atoms with Crippen LogP contribution >= 0.6 is 0 Å². The van der Waals surface area contributed by atoms with Gasteiger partial charge in [0.2, 0.25) is 0 Å². The van der Waals surface area contributed by atoms with Gasteiger partial charge in [0.05, 0.1) is 12.7 Å². The van der Waals surface area contributed by atoms with Gasteiger partial charge in [-0.3, -0.25) is 9.42 Å². The third-order valence-corrected chi connectivity index (χ3v) is 2.47. The molecule has 0 amide bonds. The number of aromatic nitrogens is 2. The fourth-order valence-electron chi connectivity index (χ4n) is 1.69. The quantitative estimate of drug-likeness (QED) is 0.745. The maximum absolute atomic E-state index is 5.45. The number of morpholine rings is 1. The standard InChI is InChI=1S/C10H17N3O3/c1-8-7-13(3-5-14-8)4-6-15-10-11-9(2)12-16-10/h8H,3-7H2,1-2H3. The van der Waals surface area contributed by atoms with Gasteiger partial charge in [-0.1, -0.05) is 5.16 Å². The lowest BCUT2D eigenvalue weighted by atomic mass is 10.3. The highest BCUT2D eigenvalue weighted by Gasteiger charge is 2.16. The first-order chi connectivity index (χ1) is 7.74. The van der Waals surface area contributed by atoms with E-state index in [0.29, 0.717) is 18.5 Å². The van der Waals surface area contributed by atoms with Crippen molar-refractivity contribution in [3.8, 4) is 6.08 Å². The van der Waals surface area contributed by atoms with Gasteiger partial charge in [0.25, 0.3) is 0 Å². The SMILES string of the molecule is Cc1noc(OCCN2CCOC(C)C2)n1. The van der Waals surface area contributed by atoms with E-state index in [1.165, 1.54) is 0 Å². The number of hydrogen-bond donors (Lipinski definition) is 0. The molecule has 2 rings (SSSR count). The van der Waals surface area contributed by atoms with Gasteiger partial charge in [0.15, 0.2) is 5.82 Å². The van der Waals surface area contributed by atoms with Crippen molar-refractivity contribution in [1.29, 1.82) is 0 Å². The van der Waals surface area contributed by atoms with Crippen molar-refractivity contribution < 1.29 is 14.0 Å². The maximum Gasteiger partial charge on any atom is 0.417 e. The van der Waals surface area contributed by atoms with Gasteiger partial charge in [-0.05, 0) is 13.8 Å². The summed E-state index contributed by atoms with van der Waals surface area (Å²) in [7, 11) is 0. The van der Waals surface area contributed by atoms with Gasteiger partial charge >= 0.3 is 6.08 Å². The molecule has 1 aromatic heterocycles. The van der Waals surface area contributed by atoms with Crippen LogP contribution in [-0.2, 0) is 4.74 Å². The minimum atomic E-state index is 0.249. The van der Waals surface area contributed by atoms with Crippen molar-refractivity contribution in [2.24, 2.45) is 0 Å². The van der Waals surface area contributed by atoms with Crippen LogP contribution in [0, 0.1) is 6.92 Å². The predicted octanol–water partition coefficient (Wildman–Crippen LogP) is 0.478. The van der Waals surface area contributed by atoms with Gasteiger partial charge < -0.3 is 9.47 Å². The molecule has 1 fully saturated rings. The third-order valence-electron chi connectivity index (χ3n) is 2.47. The van der Waals surface area contributed by atoms with Gasteiger partial charge in [0, 0.05) is 19.6 Å². The lowest BCUT2D eigenvalue weighted by Crippen LogP contribution is -2.42. The molecule has 0 aromatic carbocycles. The van der Waals surface area contributed by atoms with Crippen LogP contribution in [0.5, 0.6) is 6.08 Å². The van der Waals surface area contributed by atoms with E-state index < -0.39 is 0 Å². The Balaban J connectivity index is 1.67. The summed E-state index contributed by atoms with van der Waals surface area (Å²) in [6.07, 6.45) is 0.554. The second kappa shape index (κ2) is 5.27. The number of aryl methyl sites for hydroxylation is 1.